The Morgan fingerprint density at radius 1 is 1.50 bits per heavy atom. The van der Waals surface area contributed by atoms with E-state index >= 15 is 0 Å². The van der Waals surface area contributed by atoms with Gasteiger partial charge in [0.15, 0.2) is 0 Å². The summed E-state index contributed by atoms with van der Waals surface area (Å²) in [7, 11) is 1.99. The minimum absolute atomic E-state index is 0.390. The first-order chi connectivity index (χ1) is 8.58. The average Bonchev–Trinajstić information content (AvgIpc) is 2.75. The number of anilines is 1. The smallest absolute Gasteiger partial charge is 0.129 e. The van der Waals surface area contributed by atoms with Gasteiger partial charge in [-0.05, 0) is 19.1 Å². The first-order valence-electron chi connectivity index (χ1n) is 5.44. The van der Waals surface area contributed by atoms with E-state index in [1.165, 1.54) is 4.88 Å². The van der Waals surface area contributed by atoms with Gasteiger partial charge >= 0.3 is 0 Å². The van der Waals surface area contributed by atoms with Crippen LogP contribution in [0.15, 0.2) is 23.8 Å². The molecule has 0 bridgehead atoms. The Bertz CT molecular complexity index is 565. The van der Waals surface area contributed by atoms with Gasteiger partial charge in [-0.1, -0.05) is 12.2 Å². The lowest BCUT2D eigenvalue weighted by Crippen LogP contribution is -2.19. The molecule has 0 radical (unpaired) electrons. The summed E-state index contributed by atoms with van der Waals surface area (Å²) in [6.45, 7) is 2.79. The number of aromatic nitrogens is 2. The van der Waals surface area contributed by atoms with Crippen LogP contribution in [0.2, 0.25) is 0 Å². The summed E-state index contributed by atoms with van der Waals surface area (Å²) in [5.41, 5.74) is 9.38. The second kappa shape index (κ2) is 5.41. The molecule has 0 saturated heterocycles. The van der Waals surface area contributed by atoms with Crippen LogP contribution in [0, 0.1) is 6.92 Å². The molecule has 0 saturated carbocycles. The van der Waals surface area contributed by atoms with Gasteiger partial charge < -0.3 is 10.6 Å². The zero-order valence-electron chi connectivity index (χ0n) is 10.3. The fourth-order valence-electron chi connectivity index (χ4n) is 1.55. The van der Waals surface area contributed by atoms with Gasteiger partial charge in [-0.2, -0.15) is 0 Å². The predicted octanol–water partition coefficient (Wildman–Crippen LogP) is 2.12. The maximum atomic E-state index is 5.62. The molecule has 2 aromatic rings. The Morgan fingerprint density at radius 3 is 2.89 bits per heavy atom. The van der Waals surface area contributed by atoms with Crippen molar-refractivity contribution in [3.8, 4) is 0 Å². The summed E-state index contributed by atoms with van der Waals surface area (Å²) < 4.78 is 0. The lowest BCUT2D eigenvalue weighted by molar-refractivity contribution is 0.901. The maximum absolute atomic E-state index is 5.62. The van der Waals surface area contributed by atoms with Gasteiger partial charge in [0.05, 0.1) is 17.7 Å². The first-order valence-corrected chi connectivity index (χ1v) is 6.72. The number of thiazole rings is 1. The molecule has 0 fully saturated rings. The SMILES string of the molecule is Cc1ncsc1CN(C)c1cc(C(N)=S)ccn1. The maximum Gasteiger partial charge on any atom is 0.129 e. The van der Waals surface area contributed by atoms with Crippen molar-refractivity contribution in [2.24, 2.45) is 5.73 Å². The summed E-state index contributed by atoms with van der Waals surface area (Å²) in [6, 6.07) is 3.72. The quantitative estimate of drug-likeness (QED) is 0.868. The summed E-state index contributed by atoms with van der Waals surface area (Å²) in [5, 5.41) is 0. The third-order valence-corrected chi connectivity index (χ3v) is 3.80. The largest absolute Gasteiger partial charge is 0.389 e. The topological polar surface area (TPSA) is 55.0 Å². The van der Waals surface area contributed by atoms with E-state index in [2.05, 4.69) is 14.9 Å². The molecule has 4 nitrogen and oxygen atoms in total. The van der Waals surface area contributed by atoms with E-state index < -0.39 is 0 Å². The van der Waals surface area contributed by atoms with Crippen molar-refractivity contribution in [1.29, 1.82) is 0 Å². The normalized spacial score (nSPS) is 10.3. The van der Waals surface area contributed by atoms with Crippen molar-refractivity contribution in [2.75, 3.05) is 11.9 Å². The predicted molar refractivity (Wildman–Crippen MR) is 79.1 cm³/mol. The van der Waals surface area contributed by atoms with Crippen LogP contribution >= 0.6 is 23.6 Å². The number of nitrogens with zero attached hydrogens (tertiary/aromatic N) is 3. The van der Waals surface area contributed by atoms with Crippen molar-refractivity contribution < 1.29 is 0 Å². The second-order valence-corrected chi connectivity index (χ2v) is 5.36. The molecule has 2 heterocycles. The van der Waals surface area contributed by atoms with Gasteiger partial charge in [-0.15, -0.1) is 11.3 Å². The highest BCUT2D eigenvalue weighted by atomic mass is 32.1. The highest BCUT2D eigenvalue weighted by Crippen LogP contribution is 2.18. The van der Waals surface area contributed by atoms with Gasteiger partial charge in [0, 0.05) is 23.7 Å². The Balaban J connectivity index is 2.18. The van der Waals surface area contributed by atoms with Crippen molar-refractivity contribution in [3.05, 3.63) is 40.0 Å². The van der Waals surface area contributed by atoms with E-state index in [1.807, 2.05) is 31.6 Å². The third-order valence-electron chi connectivity index (χ3n) is 2.65. The lowest BCUT2D eigenvalue weighted by Gasteiger charge is -2.18. The van der Waals surface area contributed by atoms with Crippen LogP contribution in [0.1, 0.15) is 16.1 Å². The molecule has 6 heteroatoms. The zero-order chi connectivity index (χ0) is 13.1. The number of aryl methyl sites for hydroxylation is 1. The highest BCUT2D eigenvalue weighted by molar-refractivity contribution is 7.80. The van der Waals surface area contributed by atoms with Crippen LogP contribution in [-0.2, 0) is 6.54 Å². The van der Waals surface area contributed by atoms with E-state index in [0.717, 1.165) is 23.6 Å². The Morgan fingerprint density at radius 2 is 2.28 bits per heavy atom. The molecule has 2 aromatic heterocycles. The molecule has 0 spiro atoms. The third kappa shape index (κ3) is 2.83. The van der Waals surface area contributed by atoms with Crippen LogP contribution in [0.25, 0.3) is 0 Å². The fourth-order valence-corrected chi connectivity index (χ4v) is 2.51. The molecular weight excluding hydrogens is 264 g/mol. The van der Waals surface area contributed by atoms with E-state index in [1.54, 1.807) is 17.5 Å². The first kappa shape index (κ1) is 12.9. The van der Waals surface area contributed by atoms with E-state index in [4.69, 9.17) is 18.0 Å². The fraction of sp³-hybridized carbons (Fsp3) is 0.250. The molecule has 0 aliphatic heterocycles. The number of pyridine rings is 1. The van der Waals surface area contributed by atoms with Crippen molar-refractivity contribution >= 4 is 34.4 Å². The molecule has 0 unspecified atom stereocenters. The van der Waals surface area contributed by atoms with Crippen molar-refractivity contribution in [1.82, 2.24) is 9.97 Å². The Hall–Kier alpha value is -1.53. The van der Waals surface area contributed by atoms with Crippen molar-refractivity contribution in [2.45, 2.75) is 13.5 Å². The van der Waals surface area contributed by atoms with Crippen LogP contribution in [-0.4, -0.2) is 22.0 Å². The van der Waals surface area contributed by atoms with Crippen LogP contribution in [0.4, 0.5) is 5.82 Å². The lowest BCUT2D eigenvalue weighted by atomic mass is 10.2. The van der Waals surface area contributed by atoms with Gasteiger partial charge in [-0.25, -0.2) is 9.97 Å². The number of rotatable bonds is 4. The van der Waals surface area contributed by atoms with E-state index in [-0.39, 0.29) is 0 Å². The molecule has 2 rings (SSSR count). The number of hydrogen-bond donors (Lipinski definition) is 1. The van der Waals surface area contributed by atoms with Gasteiger partial charge in [0.25, 0.3) is 0 Å². The van der Waals surface area contributed by atoms with Gasteiger partial charge in [0.2, 0.25) is 0 Å². The Kier molecular flexibility index (Phi) is 3.88. The molecule has 0 amide bonds. The summed E-state index contributed by atoms with van der Waals surface area (Å²) >= 11 is 6.62. The molecule has 94 valence electrons. The molecule has 18 heavy (non-hydrogen) atoms. The minimum atomic E-state index is 0.390. The van der Waals surface area contributed by atoms with Crippen LogP contribution in [0.3, 0.4) is 0 Å². The van der Waals surface area contributed by atoms with Gasteiger partial charge in [0.1, 0.15) is 10.8 Å². The minimum Gasteiger partial charge on any atom is -0.389 e. The molecule has 2 N–H and O–H groups in total. The van der Waals surface area contributed by atoms with Crippen LogP contribution in [0.5, 0.6) is 0 Å². The van der Waals surface area contributed by atoms with E-state index in [9.17, 15) is 0 Å². The van der Waals surface area contributed by atoms with E-state index in [0.29, 0.717) is 4.99 Å². The van der Waals surface area contributed by atoms with Crippen molar-refractivity contribution in [3.63, 3.8) is 0 Å². The molecule has 0 aliphatic carbocycles. The summed E-state index contributed by atoms with van der Waals surface area (Å²) in [4.78, 5) is 12.3. The van der Waals surface area contributed by atoms with Gasteiger partial charge in [-0.3, -0.25) is 0 Å². The number of nitrogens with two attached hydrogens (primary N) is 1. The molecule has 0 atom stereocenters. The highest BCUT2D eigenvalue weighted by Gasteiger charge is 2.08. The summed E-state index contributed by atoms with van der Waals surface area (Å²) in [6.07, 6.45) is 1.72. The molecular formula is C12H14N4S2. The zero-order valence-corrected chi connectivity index (χ0v) is 11.9. The number of thiocarbonyl (C=S) groups is 1. The summed E-state index contributed by atoms with van der Waals surface area (Å²) in [5.74, 6) is 0.855. The Labute approximate surface area is 115 Å². The molecule has 0 aromatic carbocycles. The average molecular weight is 278 g/mol. The number of hydrogen-bond acceptors (Lipinski definition) is 5. The van der Waals surface area contributed by atoms with Crippen LogP contribution < -0.4 is 10.6 Å². The molecule has 0 aliphatic rings. The standard InChI is InChI=1S/C12H14N4S2/c1-8-10(18-7-15-8)6-16(2)11-5-9(12(13)17)3-4-14-11/h3-5,7H,6H2,1-2H3,(H2,13,17). The second-order valence-electron chi connectivity index (χ2n) is 3.98. The monoisotopic (exact) mass is 278 g/mol.